The van der Waals surface area contributed by atoms with Crippen LogP contribution in [0.25, 0.3) is 20.7 Å². The third-order valence-electron chi connectivity index (χ3n) is 4.63. The van der Waals surface area contributed by atoms with E-state index >= 15 is 0 Å². The summed E-state index contributed by atoms with van der Waals surface area (Å²) in [6.07, 6.45) is 0. The standard InChI is InChI=1S/C20H19N3OS2/c1-12-6-3-4-7-14(12)10-21-13(2)18-22-19(24)17-15(11-26-20(17)23-18)16-8-5-9-25-16/h3-9,11,13,21H,10H2,1-2H3,(H,22,23,24)/p+1/t13-/m1/s1. The van der Waals surface area contributed by atoms with Gasteiger partial charge in [-0.3, -0.25) is 4.79 Å². The van der Waals surface area contributed by atoms with Crippen LogP contribution in [0.4, 0.5) is 0 Å². The molecule has 0 bridgehead atoms. The Labute approximate surface area is 159 Å². The van der Waals surface area contributed by atoms with E-state index in [1.807, 2.05) is 22.9 Å². The monoisotopic (exact) mass is 382 g/mol. The minimum absolute atomic E-state index is 0.0502. The zero-order valence-electron chi connectivity index (χ0n) is 14.7. The van der Waals surface area contributed by atoms with Crippen LogP contribution in [0.3, 0.4) is 0 Å². The Morgan fingerprint density at radius 2 is 2.04 bits per heavy atom. The Morgan fingerprint density at radius 3 is 2.81 bits per heavy atom. The molecule has 0 saturated carbocycles. The zero-order chi connectivity index (χ0) is 18.1. The SMILES string of the molecule is Cc1ccccc1C[NH2+][C@H](C)c1nc2scc(-c3cccs3)c2c(=O)[nH]1. The highest BCUT2D eigenvalue weighted by Gasteiger charge is 2.18. The van der Waals surface area contributed by atoms with E-state index in [0.717, 1.165) is 27.6 Å². The molecule has 1 aromatic carbocycles. The van der Waals surface area contributed by atoms with E-state index in [2.05, 4.69) is 48.4 Å². The minimum Gasteiger partial charge on any atom is -0.334 e. The molecule has 0 amide bonds. The van der Waals surface area contributed by atoms with Crippen LogP contribution in [0.1, 0.15) is 29.9 Å². The highest BCUT2D eigenvalue weighted by atomic mass is 32.1. The molecule has 1 atom stereocenters. The Morgan fingerprint density at radius 1 is 1.19 bits per heavy atom. The molecule has 0 spiro atoms. The molecule has 4 nitrogen and oxygen atoms in total. The van der Waals surface area contributed by atoms with E-state index in [0.29, 0.717) is 5.39 Å². The molecule has 0 aliphatic heterocycles. The van der Waals surface area contributed by atoms with Gasteiger partial charge in [0, 0.05) is 21.4 Å². The van der Waals surface area contributed by atoms with Crippen molar-refractivity contribution in [1.82, 2.24) is 9.97 Å². The number of fused-ring (bicyclic) bond motifs is 1. The van der Waals surface area contributed by atoms with Crippen LogP contribution in [0.15, 0.2) is 52.0 Å². The van der Waals surface area contributed by atoms with Gasteiger partial charge in [-0.1, -0.05) is 30.3 Å². The van der Waals surface area contributed by atoms with Gasteiger partial charge in [0.25, 0.3) is 5.56 Å². The van der Waals surface area contributed by atoms with Crippen LogP contribution in [-0.4, -0.2) is 9.97 Å². The topological polar surface area (TPSA) is 62.4 Å². The van der Waals surface area contributed by atoms with E-state index in [1.165, 1.54) is 22.5 Å². The van der Waals surface area contributed by atoms with Crippen molar-refractivity contribution in [2.24, 2.45) is 0 Å². The first-order valence-corrected chi connectivity index (χ1v) is 10.3. The molecular weight excluding hydrogens is 362 g/mol. The molecule has 0 fully saturated rings. The predicted molar refractivity (Wildman–Crippen MR) is 109 cm³/mol. The third-order valence-corrected chi connectivity index (χ3v) is 6.41. The molecule has 3 aromatic heterocycles. The number of aryl methyl sites for hydroxylation is 1. The van der Waals surface area contributed by atoms with Crippen LogP contribution in [-0.2, 0) is 6.54 Å². The molecule has 26 heavy (non-hydrogen) atoms. The lowest BCUT2D eigenvalue weighted by Gasteiger charge is -2.11. The van der Waals surface area contributed by atoms with Crippen LogP contribution >= 0.6 is 22.7 Å². The number of rotatable bonds is 5. The molecule has 4 rings (SSSR count). The predicted octanol–water partition coefficient (Wildman–Crippen LogP) is 3.85. The number of benzene rings is 1. The molecular formula is C20H20N3OS2+. The van der Waals surface area contributed by atoms with Crippen molar-refractivity contribution in [1.29, 1.82) is 0 Å². The summed E-state index contributed by atoms with van der Waals surface area (Å²) < 4.78 is 0. The van der Waals surface area contributed by atoms with Gasteiger partial charge in [-0.05, 0) is 30.9 Å². The number of H-pyrrole nitrogens is 1. The van der Waals surface area contributed by atoms with E-state index in [9.17, 15) is 4.79 Å². The number of aromatic amines is 1. The summed E-state index contributed by atoms with van der Waals surface area (Å²) >= 11 is 3.18. The van der Waals surface area contributed by atoms with Gasteiger partial charge < -0.3 is 10.3 Å². The quantitative estimate of drug-likeness (QED) is 0.551. The fourth-order valence-corrected chi connectivity index (χ4v) is 4.82. The summed E-state index contributed by atoms with van der Waals surface area (Å²) in [6.45, 7) is 5.06. The summed E-state index contributed by atoms with van der Waals surface area (Å²) in [6, 6.07) is 12.5. The van der Waals surface area contributed by atoms with Gasteiger partial charge in [0.2, 0.25) is 0 Å². The second kappa shape index (κ2) is 7.15. The molecule has 6 heteroatoms. The van der Waals surface area contributed by atoms with Crippen LogP contribution < -0.4 is 10.9 Å². The number of hydrogen-bond donors (Lipinski definition) is 2. The summed E-state index contributed by atoms with van der Waals surface area (Å²) in [5.74, 6) is 0.732. The fourth-order valence-electron chi connectivity index (χ4n) is 3.05. The van der Waals surface area contributed by atoms with Crippen molar-refractivity contribution in [3.63, 3.8) is 0 Å². The van der Waals surface area contributed by atoms with Gasteiger partial charge in [-0.2, -0.15) is 0 Å². The number of aromatic nitrogens is 2. The van der Waals surface area contributed by atoms with Gasteiger partial charge in [0.15, 0.2) is 5.82 Å². The van der Waals surface area contributed by atoms with E-state index in [4.69, 9.17) is 4.98 Å². The second-order valence-corrected chi connectivity index (χ2v) is 8.22. The zero-order valence-corrected chi connectivity index (χ0v) is 16.3. The average Bonchev–Trinajstić information content (AvgIpc) is 3.30. The number of hydrogen-bond acceptors (Lipinski definition) is 4. The lowest BCUT2D eigenvalue weighted by atomic mass is 10.1. The van der Waals surface area contributed by atoms with E-state index in [1.54, 1.807) is 11.3 Å². The molecule has 3 heterocycles. The lowest BCUT2D eigenvalue weighted by Crippen LogP contribution is -2.83. The number of quaternary nitrogens is 1. The summed E-state index contributed by atoms with van der Waals surface area (Å²) in [4.78, 5) is 22.4. The van der Waals surface area contributed by atoms with Crippen molar-refractivity contribution in [2.45, 2.75) is 26.4 Å². The van der Waals surface area contributed by atoms with E-state index < -0.39 is 0 Å². The van der Waals surface area contributed by atoms with Crippen LogP contribution in [0.5, 0.6) is 0 Å². The first-order chi connectivity index (χ1) is 12.6. The van der Waals surface area contributed by atoms with Crippen molar-refractivity contribution in [3.05, 3.63) is 74.5 Å². The molecule has 0 unspecified atom stereocenters. The maximum atomic E-state index is 12.7. The van der Waals surface area contributed by atoms with Gasteiger partial charge >= 0.3 is 0 Å². The number of nitrogens with two attached hydrogens (primary N) is 1. The van der Waals surface area contributed by atoms with Crippen LogP contribution in [0, 0.1) is 6.92 Å². The molecule has 0 radical (unpaired) electrons. The number of nitrogens with zero attached hydrogens (tertiary/aromatic N) is 1. The first kappa shape index (κ1) is 17.1. The molecule has 0 saturated heterocycles. The Kier molecular flexibility index (Phi) is 4.72. The molecule has 4 aromatic rings. The second-order valence-electron chi connectivity index (χ2n) is 6.41. The van der Waals surface area contributed by atoms with E-state index in [-0.39, 0.29) is 11.6 Å². The van der Waals surface area contributed by atoms with Crippen molar-refractivity contribution < 1.29 is 5.32 Å². The summed E-state index contributed by atoms with van der Waals surface area (Å²) in [5, 5.41) is 6.97. The number of thiophene rings is 2. The maximum Gasteiger partial charge on any atom is 0.260 e. The molecule has 0 aliphatic carbocycles. The minimum atomic E-state index is -0.0502. The molecule has 132 valence electrons. The maximum absolute atomic E-state index is 12.7. The molecule has 0 aliphatic rings. The summed E-state index contributed by atoms with van der Waals surface area (Å²) in [7, 11) is 0. The Hall–Kier alpha value is -2.28. The largest absolute Gasteiger partial charge is 0.334 e. The first-order valence-electron chi connectivity index (χ1n) is 8.56. The van der Waals surface area contributed by atoms with Crippen molar-refractivity contribution >= 4 is 32.9 Å². The smallest absolute Gasteiger partial charge is 0.260 e. The van der Waals surface area contributed by atoms with Crippen molar-refractivity contribution in [2.75, 3.05) is 0 Å². The van der Waals surface area contributed by atoms with Gasteiger partial charge in [0.05, 0.1) is 5.39 Å². The molecule has 3 N–H and O–H groups in total. The Balaban J connectivity index is 1.61. The van der Waals surface area contributed by atoms with Crippen LogP contribution in [0.2, 0.25) is 0 Å². The number of nitrogens with one attached hydrogen (secondary N) is 1. The Bertz CT molecular complexity index is 1100. The highest BCUT2D eigenvalue weighted by Crippen LogP contribution is 2.33. The third kappa shape index (κ3) is 3.23. The lowest BCUT2D eigenvalue weighted by molar-refractivity contribution is -0.709. The highest BCUT2D eigenvalue weighted by molar-refractivity contribution is 7.18. The average molecular weight is 383 g/mol. The normalized spacial score (nSPS) is 12.5. The van der Waals surface area contributed by atoms with Crippen molar-refractivity contribution in [3.8, 4) is 10.4 Å². The summed E-state index contributed by atoms with van der Waals surface area (Å²) in [5.41, 5.74) is 3.52. The van der Waals surface area contributed by atoms with Gasteiger partial charge in [-0.25, -0.2) is 4.98 Å². The fraction of sp³-hybridized carbons (Fsp3) is 0.200. The van der Waals surface area contributed by atoms with Gasteiger partial charge in [0.1, 0.15) is 17.4 Å². The van der Waals surface area contributed by atoms with Gasteiger partial charge in [-0.15, -0.1) is 22.7 Å².